The Balaban J connectivity index is 2.90. The molecule has 0 aliphatic heterocycles. The van der Waals surface area contributed by atoms with Gasteiger partial charge in [-0.1, -0.05) is 18.1 Å². The summed E-state index contributed by atoms with van der Waals surface area (Å²) in [4.78, 5) is 10.3. The van der Waals surface area contributed by atoms with E-state index in [0.717, 1.165) is 5.56 Å². The van der Waals surface area contributed by atoms with Crippen LogP contribution in [0.2, 0.25) is 0 Å². The molecule has 4 nitrogen and oxygen atoms in total. The topological polar surface area (TPSA) is 55.2 Å². The Morgan fingerprint density at radius 1 is 1.53 bits per heavy atom. The third-order valence-electron chi connectivity index (χ3n) is 2.52. The van der Waals surface area contributed by atoms with Gasteiger partial charge in [0, 0.05) is 18.2 Å². The molecule has 0 bridgehead atoms. The molecular formula is C13H16N2O2. The summed E-state index contributed by atoms with van der Waals surface area (Å²) in [6, 6.07) is 6.51. The van der Waals surface area contributed by atoms with Crippen molar-refractivity contribution in [1.29, 1.82) is 0 Å². The quantitative estimate of drug-likeness (QED) is 0.493. The van der Waals surface area contributed by atoms with E-state index in [1.807, 2.05) is 26.8 Å². The van der Waals surface area contributed by atoms with Gasteiger partial charge in [-0.25, -0.2) is 0 Å². The maximum Gasteiger partial charge on any atom is 0.269 e. The Morgan fingerprint density at radius 2 is 2.18 bits per heavy atom. The van der Waals surface area contributed by atoms with Gasteiger partial charge in [0.15, 0.2) is 0 Å². The fourth-order valence-electron chi connectivity index (χ4n) is 1.57. The van der Waals surface area contributed by atoms with Gasteiger partial charge in [-0.3, -0.25) is 15.4 Å². The standard InChI is InChI=1S/C13H16N2O2/c1-5-13(3,4)14-10(2)11-7-6-8-12(9-11)15(16)17/h1,6-10,14H,2-4H3. The Bertz CT molecular complexity index is 461. The van der Waals surface area contributed by atoms with Crippen LogP contribution in [-0.2, 0) is 0 Å². The van der Waals surface area contributed by atoms with E-state index < -0.39 is 10.5 Å². The van der Waals surface area contributed by atoms with Crippen molar-refractivity contribution in [1.82, 2.24) is 5.32 Å². The molecule has 1 aromatic carbocycles. The minimum Gasteiger partial charge on any atom is -0.295 e. The highest BCUT2D eigenvalue weighted by molar-refractivity contribution is 5.35. The molecule has 0 saturated carbocycles. The van der Waals surface area contributed by atoms with Gasteiger partial charge in [-0.15, -0.1) is 6.42 Å². The second-order valence-electron chi connectivity index (χ2n) is 4.49. The summed E-state index contributed by atoms with van der Waals surface area (Å²) in [7, 11) is 0. The number of nitro groups is 1. The number of rotatable bonds is 4. The lowest BCUT2D eigenvalue weighted by molar-refractivity contribution is -0.384. The normalized spacial score (nSPS) is 12.8. The van der Waals surface area contributed by atoms with E-state index in [1.165, 1.54) is 6.07 Å². The molecule has 90 valence electrons. The van der Waals surface area contributed by atoms with Crippen molar-refractivity contribution in [3.63, 3.8) is 0 Å². The van der Waals surface area contributed by atoms with Crippen molar-refractivity contribution in [3.05, 3.63) is 39.9 Å². The van der Waals surface area contributed by atoms with Gasteiger partial charge >= 0.3 is 0 Å². The molecule has 17 heavy (non-hydrogen) atoms. The molecule has 1 atom stereocenters. The second-order valence-corrected chi connectivity index (χ2v) is 4.49. The predicted molar refractivity (Wildman–Crippen MR) is 67.6 cm³/mol. The van der Waals surface area contributed by atoms with E-state index in [0.29, 0.717) is 0 Å². The first-order valence-corrected chi connectivity index (χ1v) is 5.35. The largest absolute Gasteiger partial charge is 0.295 e. The van der Waals surface area contributed by atoms with Crippen molar-refractivity contribution < 1.29 is 4.92 Å². The first-order chi connectivity index (χ1) is 7.85. The summed E-state index contributed by atoms with van der Waals surface area (Å²) < 4.78 is 0. The molecule has 0 spiro atoms. The van der Waals surface area contributed by atoms with Gasteiger partial charge < -0.3 is 0 Å². The maximum atomic E-state index is 10.7. The summed E-state index contributed by atoms with van der Waals surface area (Å²) in [6.07, 6.45) is 5.39. The Kier molecular flexibility index (Phi) is 3.87. The Hall–Kier alpha value is -1.86. The first-order valence-electron chi connectivity index (χ1n) is 5.35. The molecule has 1 unspecified atom stereocenters. The highest BCUT2D eigenvalue weighted by atomic mass is 16.6. The van der Waals surface area contributed by atoms with Crippen LogP contribution in [0.3, 0.4) is 0 Å². The molecule has 1 aromatic rings. The zero-order valence-corrected chi connectivity index (χ0v) is 10.2. The zero-order chi connectivity index (χ0) is 13.1. The summed E-state index contributed by atoms with van der Waals surface area (Å²) in [5, 5.41) is 13.9. The SMILES string of the molecule is C#CC(C)(C)NC(C)c1cccc([N+](=O)[O-])c1. The molecule has 0 heterocycles. The molecule has 0 saturated heterocycles. The average Bonchev–Trinajstić information content (AvgIpc) is 2.28. The average molecular weight is 232 g/mol. The molecule has 1 rings (SSSR count). The summed E-state index contributed by atoms with van der Waals surface area (Å²) in [6.45, 7) is 5.71. The van der Waals surface area contributed by atoms with Crippen LogP contribution >= 0.6 is 0 Å². The van der Waals surface area contributed by atoms with E-state index in [1.54, 1.807) is 12.1 Å². The smallest absolute Gasteiger partial charge is 0.269 e. The maximum absolute atomic E-state index is 10.7. The summed E-state index contributed by atoms with van der Waals surface area (Å²) in [5.41, 5.74) is 0.501. The lowest BCUT2D eigenvalue weighted by atomic mass is 10.0. The number of nitro benzene ring substituents is 1. The van der Waals surface area contributed by atoms with Crippen molar-refractivity contribution in [2.45, 2.75) is 32.4 Å². The number of benzene rings is 1. The fraction of sp³-hybridized carbons (Fsp3) is 0.385. The van der Waals surface area contributed by atoms with Crippen molar-refractivity contribution in [2.24, 2.45) is 0 Å². The number of terminal acetylenes is 1. The molecule has 4 heteroatoms. The van der Waals surface area contributed by atoms with E-state index in [2.05, 4.69) is 11.2 Å². The number of nitrogens with zero attached hydrogens (tertiary/aromatic N) is 1. The molecule has 0 aliphatic carbocycles. The third kappa shape index (κ3) is 3.58. The minimum atomic E-state index is -0.440. The second kappa shape index (κ2) is 4.98. The molecule has 0 aliphatic rings. The molecule has 0 aromatic heterocycles. The number of hydrogen-bond donors (Lipinski definition) is 1. The van der Waals surface area contributed by atoms with E-state index >= 15 is 0 Å². The van der Waals surface area contributed by atoms with Crippen molar-refractivity contribution in [2.75, 3.05) is 0 Å². The number of nitrogens with one attached hydrogen (secondary N) is 1. The predicted octanol–water partition coefficient (Wildman–Crippen LogP) is 2.66. The third-order valence-corrected chi connectivity index (χ3v) is 2.52. The van der Waals surface area contributed by atoms with Gasteiger partial charge in [0.2, 0.25) is 0 Å². The molecule has 0 amide bonds. The van der Waals surface area contributed by atoms with Gasteiger partial charge in [-0.05, 0) is 26.3 Å². The molecule has 0 radical (unpaired) electrons. The fourth-order valence-corrected chi connectivity index (χ4v) is 1.57. The van der Waals surface area contributed by atoms with Crippen LogP contribution in [0.5, 0.6) is 0 Å². The number of non-ortho nitro benzene ring substituents is 1. The van der Waals surface area contributed by atoms with Crippen LogP contribution in [0, 0.1) is 22.5 Å². The number of hydrogen-bond acceptors (Lipinski definition) is 3. The Labute approximate surface area is 101 Å². The van der Waals surface area contributed by atoms with Crippen molar-refractivity contribution >= 4 is 5.69 Å². The van der Waals surface area contributed by atoms with E-state index in [9.17, 15) is 10.1 Å². The van der Waals surface area contributed by atoms with Gasteiger partial charge in [0.25, 0.3) is 5.69 Å². The lowest BCUT2D eigenvalue weighted by Crippen LogP contribution is -2.39. The summed E-state index contributed by atoms with van der Waals surface area (Å²) >= 11 is 0. The monoisotopic (exact) mass is 232 g/mol. The highest BCUT2D eigenvalue weighted by Gasteiger charge is 2.18. The van der Waals surface area contributed by atoms with Crippen LogP contribution in [0.1, 0.15) is 32.4 Å². The van der Waals surface area contributed by atoms with Crippen molar-refractivity contribution in [3.8, 4) is 12.3 Å². The van der Waals surface area contributed by atoms with Gasteiger partial charge in [0.05, 0.1) is 10.5 Å². The lowest BCUT2D eigenvalue weighted by Gasteiger charge is -2.25. The first kappa shape index (κ1) is 13.2. The van der Waals surface area contributed by atoms with Crippen LogP contribution in [-0.4, -0.2) is 10.5 Å². The zero-order valence-electron chi connectivity index (χ0n) is 10.2. The minimum absolute atomic E-state index is 0.0408. The van der Waals surface area contributed by atoms with Crippen LogP contribution < -0.4 is 5.32 Å². The molecule has 0 fully saturated rings. The van der Waals surface area contributed by atoms with E-state index in [4.69, 9.17) is 6.42 Å². The van der Waals surface area contributed by atoms with E-state index in [-0.39, 0.29) is 11.7 Å². The molecule has 1 N–H and O–H groups in total. The Morgan fingerprint density at radius 3 is 2.71 bits per heavy atom. The molecular weight excluding hydrogens is 216 g/mol. The van der Waals surface area contributed by atoms with Gasteiger partial charge in [-0.2, -0.15) is 0 Å². The van der Waals surface area contributed by atoms with Crippen LogP contribution in [0.15, 0.2) is 24.3 Å². The van der Waals surface area contributed by atoms with Gasteiger partial charge in [0.1, 0.15) is 0 Å². The highest BCUT2D eigenvalue weighted by Crippen LogP contribution is 2.20. The summed E-state index contributed by atoms with van der Waals surface area (Å²) in [5.74, 6) is 2.63. The van der Waals surface area contributed by atoms with Crippen LogP contribution in [0.25, 0.3) is 0 Å². The van der Waals surface area contributed by atoms with Crippen LogP contribution in [0.4, 0.5) is 5.69 Å².